The standard InChI is InChI=1S/C13H14N2O3/c1-9-5-12(15-18-9)13(17)14-7-10-3-2-4-11(6-10)8-16/h2-6,16H,7-8H2,1H3,(H,14,17). The zero-order chi connectivity index (χ0) is 13.0. The smallest absolute Gasteiger partial charge is 0.273 e. The lowest BCUT2D eigenvalue weighted by Crippen LogP contribution is -2.23. The van der Waals surface area contributed by atoms with Crippen LogP contribution in [0.25, 0.3) is 0 Å². The Balaban J connectivity index is 1.97. The molecule has 94 valence electrons. The van der Waals surface area contributed by atoms with E-state index < -0.39 is 0 Å². The van der Waals surface area contributed by atoms with Gasteiger partial charge in [-0.15, -0.1) is 0 Å². The van der Waals surface area contributed by atoms with Crippen molar-refractivity contribution in [1.82, 2.24) is 10.5 Å². The van der Waals surface area contributed by atoms with Crippen molar-refractivity contribution in [2.45, 2.75) is 20.1 Å². The minimum absolute atomic E-state index is 0.00966. The summed E-state index contributed by atoms with van der Waals surface area (Å²) < 4.78 is 4.83. The fourth-order valence-corrected chi connectivity index (χ4v) is 1.58. The molecule has 0 bridgehead atoms. The van der Waals surface area contributed by atoms with Gasteiger partial charge in [0.2, 0.25) is 0 Å². The van der Waals surface area contributed by atoms with Gasteiger partial charge in [0.1, 0.15) is 5.76 Å². The number of aryl methyl sites for hydroxylation is 1. The van der Waals surface area contributed by atoms with E-state index in [0.717, 1.165) is 11.1 Å². The number of aromatic nitrogens is 1. The van der Waals surface area contributed by atoms with Crippen LogP contribution in [0, 0.1) is 6.92 Å². The van der Waals surface area contributed by atoms with Crippen molar-refractivity contribution in [3.63, 3.8) is 0 Å². The summed E-state index contributed by atoms with van der Waals surface area (Å²) in [6, 6.07) is 8.97. The summed E-state index contributed by atoms with van der Waals surface area (Å²) in [6.07, 6.45) is 0. The Hall–Kier alpha value is -2.14. The average molecular weight is 246 g/mol. The molecule has 0 saturated carbocycles. The quantitative estimate of drug-likeness (QED) is 0.855. The molecule has 2 N–H and O–H groups in total. The molecule has 2 aromatic rings. The van der Waals surface area contributed by atoms with E-state index in [2.05, 4.69) is 10.5 Å². The van der Waals surface area contributed by atoms with E-state index in [-0.39, 0.29) is 18.2 Å². The molecule has 0 fully saturated rings. The molecular formula is C13H14N2O3. The molecule has 0 aliphatic heterocycles. The maximum absolute atomic E-state index is 11.7. The zero-order valence-electron chi connectivity index (χ0n) is 10.0. The highest BCUT2D eigenvalue weighted by atomic mass is 16.5. The van der Waals surface area contributed by atoms with Crippen LogP contribution in [-0.4, -0.2) is 16.2 Å². The molecule has 0 radical (unpaired) electrons. The SMILES string of the molecule is Cc1cc(C(=O)NCc2cccc(CO)c2)no1. The molecule has 1 aromatic heterocycles. The molecule has 0 aliphatic rings. The lowest BCUT2D eigenvalue weighted by Gasteiger charge is -2.04. The van der Waals surface area contributed by atoms with Crippen LogP contribution in [0.5, 0.6) is 0 Å². The van der Waals surface area contributed by atoms with Gasteiger partial charge in [-0.1, -0.05) is 29.4 Å². The Morgan fingerprint density at radius 2 is 2.17 bits per heavy atom. The molecule has 0 saturated heterocycles. The number of carbonyl (C=O) groups is 1. The van der Waals surface area contributed by atoms with Gasteiger partial charge in [-0.2, -0.15) is 0 Å². The Morgan fingerprint density at radius 3 is 2.83 bits per heavy atom. The number of aliphatic hydroxyl groups is 1. The van der Waals surface area contributed by atoms with E-state index in [9.17, 15) is 4.79 Å². The molecule has 0 atom stereocenters. The van der Waals surface area contributed by atoms with Gasteiger partial charge in [0.25, 0.3) is 5.91 Å². The predicted molar refractivity (Wildman–Crippen MR) is 64.8 cm³/mol. The molecule has 1 amide bonds. The topological polar surface area (TPSA) is 75.4 Å². The Labute approximate surface area is 104 Å². The monoisotopic (exact) mass is 246 g/mol. The Morgan fingerprint density at radius 1 is 1.39 bits per heavy atom. The first-order chi connectivity index (χ1) is 8.69. The number of hydrogen-bond acceptors (Lipinski definition) is 4. The lowest BCUT2D eigenvalue weighted by molar-refractivity contribution is 0.0942. The summed E-state index contributed by atoms with van der Waals surface area (Å²) in [6.45, 7) is 2.11. The van der Waals surface area contributed by atoms with Gasteiger partial charge in [-0.3, -0.25) is 4.79 Å². The molecule has 0 unspecified atom stereocenters. The first-order valence-electron chi connectivity index (χ1n) is 5.59. The van der Waals surface area contributed by atoms with Gasteiger partial charge >= 0.3 is 0 Å². The van der Waals surface area contributed by atoms with Crippen molar-refractivity contribution in [3.05, 3.63) is 52.9 Å². The number of benzene rings is 1. The number of aliphatic hydroxyl groups excluding tert-OH is 1. The maximum atomic E-state index is 11.7. The molecule has 0 aliphatic carbocycles. The minimum atomic E-state index is -0.277. The summed E-state index contributed by atoms with van der Waals surface area (Å²) in [5.74, 6) is 0.323. The summed E-state index contributed by atoms with van der Waals surface area (Å²) in [7, 11) is 0. The van der Waals surface area contributed by atoms with Crippen molar-refractivity contribution < 1.29 is 14.4 Å². The van der Waals surface area contributed by atoms with E-state index in [1.807, 2.05) is 24.3 Å². The van der Waals surface area contributed by atoms with Gasteiger partial charge in [-0.25, -0.2) is 0 Å². The number of carbonyl (C=O) groups excluding carboxylic acids is 1. The van der Waals surface area contributed by atoms with Gasteiger partial charge in [0.05, 0.1) is 6.61 Å². The third kappa shape index (κ3) is 2.95. The van der Waals surface area contributed by atoms with Crippen molar-refractivity contribution in [2.75, 3.05) is 0 Å². The minimum Gasteiger partial charge on any atom is -0.392 e. The van der Waals surface area contributed by atoms with Crippen LogP contribution < -0.4 is 5.32 Å². The highest BCUT2D eigenvalue weighted by molar-refractivity contribution is 5.92. The second-order valence-electron chi connectivity index (χ2n) is 3.98. The number of nitrogens with zero attached hydrogens (tertiary/aromatic N) is 1. The van der Waals surface area contributed by atoms with Crippen LogP contribution >= 0.6 is 0 Å². The van der Waals surface area contributed by atoms with E-state index in [4.69, 9.17) is 9.63 Å². The van der Waals surface area contributed by atoms with Crippen LogP contribution in [0.4, 0.5) is 0 Å². The zero-order valence-corrected chi connectivity index (χ0v) is 10.0. The molecule has 18 heavy (non-hydrogen) atoms. The van der Waals surface area contributed by atoms with Crippen LogP contribution in [-0.2, 0) is 13.2 Å². The number of nitrogens with one attached hydrogen (secondary N) is 1. The summed E-state index contributed by atoms with van der Waals surface area (Å²) in [5, 5.41) is 15.4. The van der Waals surface area contributed by atoms with E-state index >= 15 is 0 Å². The largest absolute Gasteiger partial charge is 0.392 e. The van der Waals surface area contributed by atoms with Gasteiger partial charge in [-0.05, 0) is 18.1 Å². The molecule has 1 aromatic carbocycles. The van der Waals surface area contributed by atoms with Gasteiger partial charge < -0.3 is 14.9 Å². The number of rotatable bonds is 4. The van der Waals surface area contributed by atoms with E-state index in [0.29, 0.717) is 12.3 Å². The van der Waals surface area contributed by atoms with E-state index in [1.54, 1.807) is 13.0 Å². The van der Waals surface area contributed by atoms with Gasteiger partial charge in [0.15, 0.2) is 5.69 Å². The number of hydrogen-bond donors (Lipinski definition) is 2. The molecule has 5 nitrogen and oxygen atoms in total. The average Bonchev–Trinajstić information content (AvgIpc) is 2.83. The van der Waals surface area contributed by atoms with Crippen LogP contribution in [0.2, 0.25) is 0 Å². The predicted octanol–water partition coefficient (Wildman–Crippen LogP) is 1.41. The van der Waals surface area contributed by atoms with E-state index in [1.165, 1.54) is 0 Å². The molecule has 1 heterocycles. The third-order valence-corrected chi connectivity index (χ3v) is 2.49. The Bertz CT molecular complexity index is 549. The summed E-state index contributed by atoms with van der Waals surface area (Å²) in [4.78, 5) is 11.7. The van der Waals surface area contributed by atoms with Crippen LogP contribution in [0.1, 0.15) is 27.4 Å². The van der Waals surface area contributed by atoms with Crippen LogP contribution in [0.15, 0.2) is 34.9 Å². The highest BCUT2D eigenvalue weighted by Crippen LogP contribution is 2.06. The maximum Gasteiger partial charge on any atom is 0.273 e. The fraction of sp³-hybridized carbons (Fsp3) is 0.231. The van der Waals surface area contributed by atoms with Crippen LogP contribution in [0.3, 0.4) is 0 Å². The van der Waals surface area contributed by atoms with Crippen molar-refractivity contribution in [2.24, 2.45) is 0 Å². The molecule has 5 heteroatoms. The fourth-order valence-electron chi connectivity index (χ4n) is 1.58. The Kier molecular flexibility index (Phi) is 3.74. The number of amides is 1. The second-order valence-corrected chi connectivity index (χ2v) is 3.98. The second kappa shape index (κ2) is 5.46. The lowest BCUT2D eigenvalue weighted by atomic mass is 10.1. The molecule has 2 rings (SSSR count). The molecular weight excluding hydrogens is 232 g/mol. The first kappa shape index (κ1) is 12.3. The molecule has 0 spiro atoms. The van der Waals surface area contributed by atoms with Gasteiger partial charge in [0, 0.05) is 12.6 Å². The summed E-state index contributed by atoms with van der Waals surface area (Å²) in [5.41, 5.74) is 2.01. The first-order valence-corrected chi connectivity index (χ1v) is 5.59. The van der Waals surface area contributed by atoms with Crippen molar-refractivity contribution >= 4 is 5.91 Å². The third-order valence-electron chi connectivity index (χ3n) is 2.49. The summed E-state index contributed by atoms with van der Waals surface area (Å²) >= 11 is 0. The van der Waals surface area contributed by atoms with Crippen molar-refractivity contribution in [1.29, 1.82) is 0 Å². The highest BCUT2D eigenvalue weighted by Gasteiger charge is 2.10. The van der Waals surface area contributed by atoms with Crippen molar-refractivity contribution in [3.8, 4) is 0 Å². The normalized spacial score (nSPS) is 10.3.